The van der Waals surface area contributed by atoms with E-state index >= 15 is 0 Å². The number of carbonyl (C=O) groups is 2. The fraction of sp³-hybridized carbons (Fsp3) is 0.286. The van der Waals surface area contributed by atoms with Crippen molar-refractivity contribution in [1.82, 2.24) is 5.32 Å². The first-order chi connectivity index (χ1) is 9.02. The predicted molar refractivity (Wildman–Crippen MR) is 69.7 cm³/mol. The number of rotatable bonds is 5. The van der Waals surface area contributed by atoms with Crippen molar-refractivity contribution in [3.63, 3.8) is 0 Å². The minimum Gasteiger partial charge on any atom is -0.449 e. The van der Waals surface area contributed by atoms with E-state index in [9.17, 15) is 14.0 Å². The van der Waals surface area contributed by atoms with E-state index in [2.05, 4.69) is 5.32 Å². The van der Waals surface area contributed by atoms with Gasteiger partial charge in [0.15, 0.2) is 6.10 Å². The molecule has 4 nitrogen and oxygen atoms in total. The van der Waals surface area contributed by atoms with Gasteiger partial charge in [-0.3, -0.25) is 4.79 Å². The van der Waals surface area contributed by atoms with E-state index in [4.69, 9.17) is 4.74 Å². The molecule has 0 radical (unpaired) electrons. The topological polar surface area (TPSA) is 55.4 Å². The van der Waals surface area contributed by atoms with Gasteiger partial charge in [0.2, 0.25) is 0 Å². The smallest absolute Gasteiger partial charge is 0.331 e. The van der Waals surface area contributed by atoms with Crippen molar-refractivity contribution >= 4 is 18.0 Å². The molecule has 0 aliphatic heterocycles. The van der Waals surface area contributed by atoms with Gasteiger partial charge in [0.1, 0.15) is 5.82 Å². The summed E-state index contributed by atoms with van der Waals surface area (Å²) in [5, 5.41) is 2.55. The van der Waals surface area contributed by atoms with Gasteiger partial charge in [-0.05, 0) is 37.6 Å². The maximum absolute atomic E-state index is 12.7. The molecule has 19 heavy (non-hydrogen) atoms. The lowest BCUT2D eigenvalue weighted by molar-refractivity contribution is -0.150. The van der Waals surface area contributed by atoms with Gasteiger partial charge in [-0.25, -0.2) is 9.18 Å². The summed E-state index contributed by atoms with van der Waals surface area (Å²) in [4.78, 5) is 22.8. The second-order valence-corrected chi connectivity index (χ2v) is 3.86. The van der Waals surface area contributed by atoms with Crippen LogP contribution >= 0.6 is 0 Å². The summed E-state index contributed by atoms with van der Waals surface area (Å²) in [5.41, 5.74) is 0.670. The third-order valence-corrected chi connectivity index (χ3v) is 2.30. The molecule has 0 heterocycles. The minimum absolute atomic E-state index is 0.342. The molecule has 5 heteroatoms. The van der Waals surface area contributed by atoms with Crippen molar-refractivity contribution in [3.05, 3.63) is 41.7 Å². The molecule has 0 aliphatic carbocycles. The highest BCUT2D eigenvalue weighted by atomic mass is 19.1. The van der Waals surface area contributed by atoms with E-state index in [0.29, 0.717) is 12.1 Å². The number of amides is 1. The Morgan fingerprint density at radius 1 is 1.37 bits per heavy atom. The van der Waals surface area contributed by atoms with E-state index in [0.717, 1.165) is 0 Å². The highest BCUT2D eigenvalue weighted by Gasteiger charge is 2.14. The van der Waals surface area contributed by atoms with Crippen LogP contribution in [0.5, 0.6) is 0 Å². The molecule has 1 N–H and O–H groups in total. The Hall–Kier alpha value is -2.17. The Kier molecular flexibility index (Phi) is 5.73. The van der Waals surface area contributed by atoms with Gasteiger partial charge in [-0.1, -0.05) is 12.1 Å². The summed E-state index contributed by atoms with van der Waals surface area (Å²) in [6.07, 6.45) is 1.85. The van der Waals surface area contributed by atoms with Gasteiger partial charge in [0.25, 0.3) is 5.91 Å². The van der Waals surface area contributed by atoms with E-state index in [1.807, 2.05) is 0 Å². The zero-order valence-corrected chi connectivity index (χ0v) is 10.9. The molecule has 0 fully saturated rings. The van der Waals surface area contributed by atoms with Crippen molar-refractivity contribution in [3.8, 4) is 0 Å². The zero-order chi connectivity index (χ0) is 14.3. The molecule has 0 saturated heterocycles. The third kappa shape index (κ3) is 5.33. The second kappa shape index (κ2) is 7.31. The van der Waals surface area contributed by atoms with Crippen molar-refractivity contribution in [2.75, 3.05) is 6.54 Å². The van der Waals surface area contributed by atoms with E-state index in [1.54, 1.807) is 6.92 Å². The summed E-state index contributed by atoms with van der Waals surface area (Å²) in [6.45, 7) is 3.75. The molecule has 0 unspecified atom stereocenters. The van der Waals surface area contributed by atoms with Crippen LogP contribution in [0, 0.1) is 5.82 Å². The number of benzene rings is 1. The van der Waals surface area contributed by atoms with Crippen LogP contribution in [0.1, 0.15) is 19.4 Å². The summed E-state index contributed by atoms with van der Waals surface area (Å²) in [5.74, 6) is -1.31. The summed E-state index contributed by atoms with van der Waals surface area (Å²) >= 11 is 0. The average molecular weight is 265 g/mol. The maximum atomic E-state index is 12.7. The van der Waals surface area contributed by atoms with Crippen molar-refractivity contribution < 1.29 is 18.7 Å². The van der Waals surface area contributed by atoms with Gasteiger partial charge >= 0.3 is 5.97 Å². The van der Waals surface area contributed by atoms with Crippen LogP contribution < -0.4 is 5.32 Å². The number of esters is 1. The predicted octanol–water partition coefficient (Wildman–Crippen LogP) is 1.91. The Bertz CT molecular complexity index is 468. The van der Waals surface area contributed by atoms with Gasteiger partial charge in [0.05, 0.1) is 0 Å². The SMILES string of the molecule is CCNC(=O)[C@H](C)OC(=O)/C=C/c1ccc(F)cc1. The van der Waals surface area contributed by atoms with Crippen molar-refractivity contribution in [1.29, 1.82) is 0 Å². The number of likely N-dealkylation sites (N-methyl/N-ethyl adjacent to an activating group) is 1. The Morgan fingerprint density at radius 3 is 2.58 bits per heavy atom. The molecule has 0 aromatic heterocycles. The maximum Gasteiger partial charge on any atom is 0.331 e. The van der Waals surface area contributed by atoms with E-state index < -0.39 is 12.1 Å². The summed E-state index contributed by atoms with van der Waals surface area (Å²) < 4.78 is 17.6. The largest absolute Gasteiger partial charge is 0.449 e. The van der Waals surface area contributed by atoms with Gasteiger partial charge in [-0.15, -0.1) is 0 Å². The normalized spacial score (nSPS) is 12.2. The molecule has 1 aromatic carbocycles. The summed E-state index contributed by atoms with van der Waals surface area (Å²) in [6, 6.07) is 5.66. The molecule has 0 aliphatic rings. The quantitative estimate of drug-likeness (QED) is 0.653. The highest BCUT2D eigenvalue weighted by Crippen LogP contribution is 2.05. The van der Waals surface area contributed by atoms with E-state index in [1.165, 1.54) is 43.3 Å². The molecule has 0 spiro atoms. The fourth-order valence-corrected chi connectivity index (χ4v) is 1.32. The molecule has 0 saturated carbocycles. The van der Waals surface area contributed by atoms with Crippen LogP contribution in [-0.2, 0) is 14.3 Å². The van der Waals surface area contributed by atoms with Crippen molar-refractivity contribution in [2.24, 2.45) is 0 Å². The highest BCUT2D eigenvalue weighted by molar-refractivity contribution is 5.90. The first-order valence-corrected chi connectivity index (χ1v) is 5.95. The van der Waals surface area contributed by atoms with Crippen LogP contribution in [-0.4, -0.2) is 24.5 Å². The molecule has 1 amide bonds. The molecular weight excluding hydrogens is 249 g/mol. The van der Waals surface area contributed by atoms with Gasteiger partial charge in [-0.2, -0.15) is 0 Å². The number of ether oxygens (including phenoxy) is 1. The van der Waals surface area contributed by atoms with Gasteiger partial charge < -0.3 is 10.1 Å². The standard InChI is InChI=1S/C14H16FNO3/c1-3-16-14(18)10(2)19-13(17)9-6-11-4-7-12(15)8-5-11/h4-10H,3H2,1-2H3,(H,16,18)/b9-6+/t10-/m0/s1. The first kappa shape index (κ1) is 14.9. The zero-order valence-electron chi connectivity index (χ0n) is 10.9. The van der Waals surface area contributed by atoms with Crippen molar-refractivity contribution in [2.45, 2.75) is 20.0 Å². The third-order valence-electron chi connectivity index (χ3n) is 2.30. The molecule has 1 rings (SSSR count). The Morgan fingerprint density at radius 2 is 2.00 bits per heavy atom. The number of carbonyl (C=O) groups excluding carboxylic acids is 2. The van der Waals surface area contributed by atoms with Gasteiger partial charge in [0, 0.05) is 12.6 Å². The fourth-order valence-electron chi connectivity index (χ4n) is 1.32. The van der Waals surface area contributed by atoms with Crippen LogP contribution in [0.2, 0.25) is 0 Å². The number of nitrogens with one attached hydrogen (secondary N) is 1. The number of hydrogen-bond acceptors (Lipinski definition) is 3. The molecule has 1 atom stereocenters. The van der Waals surface area contributed by atoms with Crippen LogP contribution in [0.15, 0.2) is 30.3 Å². The number of hydrogen-bond donors (Lipinski definition) is 1. The lowest BCUT2D eigenvalue weighted by atomic mass is 10.2. The minimum atomic E-state index is -0.842. The lowest BCUT2D eigenvalue weighted by Gasteiger charge is -2.10. The second-order valence-electron chi connectivity index (χ2n) is 3.86. The monoisotopic (exact) mass is 265 g/mol. The van der Waals surface area contributed by atoms with Crippen LogP contribution in [0.3, 0.4) is 0 Å². The van der Waals surface area contributed by atoms with Crippen LogP contribution in [0.4, 0.5) is 4.39 Å². The average Bonchev–Trinajstić information content (AvgIpc) is 2.38. The lowest BCUT2D eigenvalue weighted by Crippen LogP contribution is -2.35. The molecular formula is C14H16FNO3. The molecule has 1 aromatic rings. The van der Waals surface area contributed by atoms with Crippen LogP contribution in [0.25, 0.3) is 6.08 Å². The first-order valence-electron chi connectivity index (χ1n) is 5.95. The Balaban J connectivity index is 2.51. The van der Waals surface area contributed by atoms with E-state index in [-0.39, 0.29) is 11.7 Å². The summed E-state index contributed by atoms with van der Waals surface area (Å²) in [7, 11) is 0. The molecule has 0 bridgehead atoms. The number of halogens is 1. The molecule has 102 valence electrons. The Labute approximate surface area is 111 Å².